The van der Waals surface area contributed by atoms with Gasteiger partial charge < -0.3 is 10.2 Å². The minimum atomic E-state index is -4.38. The van der Waals surface area contributed by atoms with Crippen LogP contribution in [0, 0.1) is 0 Å². The number of H-pyrrole nitrogens is 1. The van der Waals surface area contributed by atoms with Crippen LogP contribution in [0.1, 0.15) is 11.1 Å². The molecule has 1 aliphatic heterocycles. The molecule has 5 rings (SSSR count). The number of anilines is 2. The Morgan fingerprint density at radius 3 is 2.36 bits per heavy atom. The second kappa shape index (κ2) is 10.1. The number of aromatic nitrogens is 4. The van der Waals surface area contributed by atoms with E-state index < -0.39 is 11.7 Å². The molecule has 2 aromatic carbocycles. The Balaban J connectivity index is 1.29. The minimum Gasteiger partial charge on any atom is -0.324 e. The number of piperazine rings is 1. The molecule has 4 aromatic rings. The fraction of sp³-hybridized carbons (Fsp3) is 0.269. The number of hydrogen-bond donors (Lipinski definition) is 2. The first-order valence-corrected chi connectivity index (χ1v) is 11.7. The van der Waals surface area contributed by atoms with E-state index in [0.29, 0.717) is 28.5 Å². The Bertz CT molecular complexity index is 1290. The third-order valence-corrected chi connectivity index (χ3v) is 6.28. The zero-order valence-electron chi connectivity index (χ0n) is 19.8. The molecule has 2 N–H and O–H groups in total. The number of halogens is 3. The van der Waals surface area contributed by atoms with Gasteiger partial charge in [-0.1, -0.05) is 24.3 Å². The van der Waals surface area contributed by atoms with Crippen molar-refractivity contribution in [2.24, 2.45) is 0 Å². The van der Waals surface area contributed by atoms with E-state index in [4.69, 9.17) is 0 Å². The van der Waals surface area contributed by atoms with Gasteiger partial charge in [0.15, 0.2) is 0 Å². The van der Waals surface area contributed by atoms with Crippen molar-refractivity contribution in [1.82, 2.24) is 30.0 Å². The van der Waals surface area contributed by atoms with Crippen molar-refractivity contribution in [2.75, 3.05) is 38.5 Å². The van der Waals surface area contributed by atoms with Gasteiger partial charge >= 0.3 is 6.18 Å². The van der Waals surface area contributed by atoms with Crippen LogP contribution in [-0.4, -0.2) is 63.2 Å². The molecule has 0 atom stereocenters. The van der Waals surface area contributed by atoms with E-state index in [-0.39, 0.29) is 0 Å². The molecule has 1 saturated heterocycles. The van der Waals surface area contributed by atoms with E-state index in [1.807, 2.05) is 12.1 Å². The summed E-state index contributed by atoms with van der Waals surface area (Å²) in [4.78, 5) is 13.7. The minimum absolute atomic E-state index is 0.416. The number of nitrogens with one attached hydrogen (secondary N) is 2. The van der Waals surface area contributed by atoms with Gasteiger partial charge in [-0.2, -0.15) is 18.3 Å². The lowest BCUT2D eigenvalue weighted by Gasteiger charge is -2.32. The van der Waals surface area contributed by atoms with Crippen LogP contribution in [0.2, 0.25) is 0 Å². The third kappa shape index (κ3) is 5.55. The molecule has 186 valence electrons. The Hall–Kier alpha value is -3.76. The van der Waals surface area contributed by atoms with Crippen LogP contribution >= 0.6 is 0 Å². The molecule has 0 saturated carbocycles. The van der Waals surface area contributed by atoms with Crippen molar-refractivity contribution < 1.29 is 13.2 Å². The zero-order chi connectivity index (χ0) is 25.1. The van der Waals surface area contributed by atoms with Crippen LogP contribution in [0.15, 0.2) is 67.0 Å². The first-order valence-electron chi connectivity index (χ1n) is 11.7. The van der Waals surface area contributed by atoms with Crippen molar-refractivity contribution in [3.05, 3.63) is 78.1 Å². The highest BCUT2D eigenvalue weighted by atomic mass is 19.4. The quantitative estimate of drug-likeness (QED) is 0.392. The van der Waals surface area contributed by atoms with E-state index in [0.717, 1.165) is 50.5 Å². The molecule has 0 bridgehead atoms. The molecule has 10 heteroatoms. The largest absolute Gasteiger partial charge is 0.416 e. The van der Waals surface area contributed by atoms with Gasteiger partial charge in [-0.3, -0.25) is 10.00 Å². The molecule has 7 nitrogen and oxygen atoms in total. The summed E-state index contributed by atoms with van der Waals surface area (Å²) in [7, 11) is 2.15. The fourth-order valence-electron chi connectivity index (χ4n) is 4.18. The lowest BCUT2D eigenvalue weighted by molar-refractivity contribution is -0.137. The molecule has 0 spiro atoms. The molecule has 36 heavy (non-hydrogen) atoms. The molecule has 0 unspecified atom stereocenters. The molecule has 0 aliphatic carbocycles. The molecule has 0 radical (unpaired) electrons. The Kier molecular flexibility index (Phi) is 6.71. The van der Waals surface area contributed by atoms with Crippen LogP contribution in [0.3, 0.4) is 0 Å². The number of hydrogen-bond acceptors (Lipinski definition) is 6. The normalized spacial score (nSPS) is 15.2. The first-order chi connectivity index (χ1) is 17.3. The number of aromatic amines is 1. The summed E-state index contributed by atoms with van der Waals surface area (Å²) in [5.74, 6) is 0.416. The number of benzene rings is 2. The zero-order valence-corrected chi connectivity index (χ0v) is 19.8. The van der Waals surface area contributed by atoms with Crippen LogP contribution in [0.25, 0.3) is 22.5 Å². The summed E-state index contributed by atoms with van der Waals surface area (Å²) < 4.78 is 38.8. The van der Waals surface area contributed by atoms with E-state index in [1.54, 1.807) is 18.5 Å². The summed E-state index contributed by atoms with van der Waals surface area (Å²) in [6.07, 6.45) is -1.15. The lowest BCUT2D eigenvalue weighted by atomic mass is 10.0. The van der Waals surface area contributed by atoms with E-state index >= 15 is 0 Å². The summed E-state index contributed by atoms with van der Waals surface area (Å²) in [6.45, 7) is 5.24. The van der Waals surface area contributed by atoms with Gasteiger partial charge in [0.2, 0.25) is 5.95 Å². The molecular formula is C26H26F3N7. The van der Waals surface area contributed by atoms with Crippen molar-refractivity contribution in [1.29, 1.82) is 0 Å². The molecular weight excluding hydrogens is 467 g/mol. The second-order valence-corrected chi connectivity index (χ2v) is 8.90. The molecule has 3 heterocycles. The summed E-state index contributed by atoms with van der Waals surface area (Å²) >= 11 is 0. The molecule has 1 fully saturated rings. The first kappa shape index (κ1) is 24.0. The fourth-order valence-corrected chi connectivity index (χ4v) is 4.18. The number of likely N-dealkylation sites (N-methyl/N-ethyl adjacent to an activating group) is 1. The average molecular weight is 494 g/mol. The molecule has 1 aliphatic rings. The lowest BCUT2D eigenvalue weighted by Crippen LogP contribution is -2.43. The van der Waals surface area contributed by atoms with Gasteiger partial charge in [0, 0.05) is 55.7 Å². The van der Waals surface area contributed by atoms with E-state index in [2.05, 4.69) is 54.5 Å². The monoisotopic (exact) mass is 493 g/mol. The maximum absolute atomic E-state index is 12.9. The van der Waals surface area contributed by atoms with Gasteiger partial charge in [-0.05, 0) is 42.9 Å². The predicted molar refractivity (Wildman–Crippen MR) is 133 cm³/mol. The summed E-state index contributed by atoms with van der Waals surface area (Å²) in [5.41, 5.74) is 3.85. The van der Waals surface area contributed by atoms with Gasteiger partial charge in [0.05, 0.1) is 23.1 Å². The maximum Gasteiger partial charge on any atom is 0.416 e. The van der Waals surface area contributed by atoms with Gasteiger partial charge in [0.25, 0.3) is 0 Å². The van der Waals surface area contributed by atoms with Crippen LogP contribution in [0.4, 0.5) is 24.8 Å². The summed E-state index contributed by atoms with van der Waals surface area (Å²) in [6, 6.07) is 14.9. The van der Waals surface area contributed by atoms with E-state index in [9.17, 15) is 13.2 Å². The van der Waals surface area contributed by atoms with Gasteiger partial charge in [-0.15, -0.1) is 0 Å². The van der Waals surface area contributed by atoms with Gasteiger partial charge in [0.1, 0.15) is 0 Å². The predicted octanol–water partition coefficient (Wildman–Crippen LogP) is 5.04. The Morgan fingerprint density at radius 1 is 0.944 bits per heavy atom. The molecule has 2 aromatic heterocycles. The van der Waals surface area contributed by atoms with Gasteiger partial charge in [-0.25, -0.2) is 9.97 Å². The van der Waals surface area contributed by atoms with Crippen LogP contribution in [-0.2, 0) is 12.7 Å². The number of alkyl halides is 3. The SMILES string of the molecule is CN1CCN(Cc2ccc(Nc3nccc(-c4cn[nH]c4-c4ccc(C(F)(F)F)cc4)n3)cc2)CC1. The number of rotatable bonds is 6. The Labute approximate surface area is 207 Å². The smallest absolute Gasteiger partial charge is 0.324 e. The topological polar surface area (TPSA) is 73.0 Å². The third-order valence-electron chi connectivity index (χ3n) is 6.28. The van der Waals surface area contributed by atoms with Crippen molar-refractivity contribution in [3.8, 4) is 22.5 Å². The van der Waals surface area contributed by atoms with Crippen molar-refractivity contribution in [2.45, 2.75) is 12.7 Å². The standard InChI is InChI=1S/C26H26F3N7/c1-35-12-14-36(15-13-35)17-18-2-8-21(9-3-18)32-25-30-11-10-23(33-25)22-16-31-34-24(22)19-4-6-20(7-5-19)26(27,28)29/h2-11,16H,12-15,17H2,1H3,(H,31,34)(H,30,32,33). The summed E-state index contributed by atoms with van der Waals surface area (Å²) in [5, 5.41) is 10.2. The van der Waals surface area contributed by atoms with E-state index in [1.165, 1.54) is 17.7 Å². The van der Waals surface area contributed by atoms with Crippen molar-refractivity contribution in [3.63, 3.8) is 0 Å². The second-order valence-electron chi connectivity index (χ2n) is 8.90. The highest BCUT2D eigenvalue weighted by Gasteiger charge is 2.30. The highest BCUT2D eigenvalue weighted by Crippen LogP contribution is 2.33. The van der Waals surface area contributed by atoms with Crippen molar-refractivity contribution >= 4 is 11.6 Å². The highest BCUT2D eigenvalue weighted by molar-refractivity contribution is 5.79. The van der Waals surface area contributed by atoms with Crippen LogP contribution in [0.5, 0.6) is 0 Å². The number of nitrogens with zero attached hydrogens (tertiary/aromatic N) is 5. The maximum atomic E-state index is 12.9. The average Bonchev–Trinajstić information content (AvgIpc) is 3.37. The molecule has 0 amide bonds. The Morgan fingerprint density at radius 2 is 1.67 bits per heavy atom. The van der Waals surface area contributed by atoms with Crippen LogP contribution < -0.4 is 5.32 Å².